The van der Waals surface area contributed by atoms with Crippen molar-refractivity contribution in [1.82, 2.24) is 4.57 Å². The van der Waals surface area contributed by atoms with E-state index < -0.39 is 17.5 Å². The molecule has 0 fully saturated rings. The Balaban J connectivity index is 4.54. The third kappa shape index (κ3) is 6.39. The number of hydrogen-bond acceptors (Lipinski definition) is 3. The first-order chi connectivity index (χ1) is 9.63. The summed E-state index contributed by atoms with van der Waals surface area (Å²) in [5.41, 5.74) is 0. The first-order valence-electron chi connectivity index (χ1n) is 8.44. The van der Waals surface area contributed by atoms with Crippen molar-refractivity contribution in [3.8, 4) is 0 Å². The molecule has 0 aliphatic rings. The first kappa shape index (κ1) is 20.3. The summed E-state index contributed by atoms with van der Waals surface area (Å²) in [4.78, 5) is 0. The van der Waals surface area contributed by atoms with Crippen LogP contribution in [0.1, 0.15) is 47.0 Å². The van der Waals surface area contributed by atoms with Crippen LogP contribution in [0.25, 0.3) is 0 Å². The lowest BCUT2D eigenvalue weighted by atomic mass is 10.3. The topological polar surface area (TPSA) is 21.7 Å². The van der Waals surface area contributed by atoms with Gasteiger partial charge in [-0.25, -0.2) is 0 Å². The van der Waals surface area contributed by atoms with Crippen LogP contribution in [-0.4, -0.2) is 49.4 Å². The molecule has 0 unspecified atom stereocenters. The van der Waals surface area contributed by atoms with Crippen LogP contribution in [0, 0.1) is 0 Å². The zero-order valence-electron chi connectivity index (χ0n) is 14.7. The predicted octanol–water partition coefficient (Wildman–Crippen LogP) is 4.00. The molecule has 0 radical (unpaired) electrons. The Hall–Kier alpha value is 0.314. The third-order valence-electron chi connectivity index (χ3n) is 4.82. The third-order valence-corrected chi connectivity index (χ3v) is 12.5. The fourth-order valence-electron chi connectivity index (χ4n) is 3.14. The van der Waals surface area contributed by atoms with Crippen LogP contribution < -0.4 is 0 Å². The van der Waals surface area contributed by atoms with Crippen molar-refractivity contribution in [2.24, 2.45) is 0 Å². The minimum absolute atomic E-state index is 1.14. The van der Waals surface area contributed by atoms with Crippen molar-refractivity contribution in [3.63, 3.8) is 0 Å². The van der Waals surface area contributed by atoms with Crippen molar-refractivity contribution in [3.05, 3.63) is 0 Å². The molecule has 0 aromatic rings. The maximum Gasteiger partial charge on any atom is 0.320 e. The van der Waals surface area contributed by atoms with Crippen LogP contribution in [0.4, 0.5) is 0 Å². The van der Waals surface area contributed by atoms with E-state index in [2.05, 4.69) is 32.3 Å². The van der Waals surface area contributed by atoms with Crippen molar-refractivity contribution >= 4 is 17.5 Å². The average molecular weight is 320 g/mol. The van der Waals surface area contributed by atoms with Crippen LogP contribution in [-0.2, 0) is 8.85 Å². The summed E-state index contributed by atoms with van der Waals surface area (Å²) in [6.07, 6.45) is 3.87. The quantitative estimate of drug-likeness (QED) is 0.479. The van der Waals surface area contributed by atoms with Crippen LogP contribution >= 0.6 is 0 Å². The minimum atomic E-state index is -1.37. The summed E-state index contributed by atoms with van der Waals surface area (Å²) in [6, 6.07) is 5.30. The summed E-state index contributed by atoms with van der Waals surface area (Å²) in [7, 11) is 1.00. The van der Waals surface area contributed by atoms with E-state index in [1.54, 1.807) is 14.2 Å². The number of hydrogen-bond donors (Lipinski definition) is 0. The fraction of sp³-hybridized carbons (Fsp3) is 1.00. The van der Waals surface area contributed by atoms with Gasteiger partial charge in [-0.3, -0.25) is 0 Å². The molecule has 0 N–H and O–H groups in total. The Kier molecular flexibility index (Phi) is 12.1. The molecule has 0 amide bonds. The molecular formula is C15H37NO2Si2. The van der Waals surface area contributed by atoms with E-state index in [9.17, 15) is 0 Å². The van der Waals surface area contributed by atoms with Crippen molar-refractivity contribution in [2.75, 3.05) is 27.3 Å². The van der Waals surface area contributed by atoms with Crippen LogP contribution in [0.2, 0.25) is 24.2 Å². The van der Waals surface area contributed by atoms with Gasteiger partial charge < -0.3 is 13.4 Å². The van der Waals surface area contributed by atoms with Gasteiger partial charge in [0.25, 0.3) is 0 Å². The molecule has 0 aromatic heterocycles. The molecule has 0 aliphatic heterocycles. The van der Waals surface area contributed by atoms with Crippen LogP contribution in [0.3, 0.4) is 0 Å². The standard InChI is InChI=1S/C15H37NO2Si2/c1-7-11-13-16(20(8-2,9-3)10-4)14-12-15-19(17-5)18-6/h19H,7-15H2,1-6H3. The number of rotatable bonds is 13. The smallest absolute Gasteiger partial charge is 0.320 e. The number of unbranched alkanes of at least 4 members (excludes halogenated alkanes) is 1. The lowest BCUT2D eigenvalue weighted by Crippen LogP contribution is -2.53. The highest BCUT2D eigenvalue weighted by Gasteiger charge is 2.33. The zero-order chi connectivity index (χ0) is 15.4. The van der Waals surface area contributed by atoms with Crippen LogP contribution in [0.5, 0.6) is 0 Å². The lowest BCUT2D eigenvalue weighted by Gasteiger charge is -2.41. The Morgan fingerprint density at radius 3 is 1.75 bits per heavy atom. The molecule has 0 spiro atoms. The molecular weight excluding hydrogens is 282 g/mol. The maximum absolute atomic E-state index is 5.44. The molecule has 20 heavy (non-hydrogen) atoms. The molecule has 0 aliphatic carbocycles. The van der Waals surface area contributed by atoms with E-state index in [0.717, 1.165) is 6.04 Å². The molecule has 0 saturated heterocycles. The Bertz CT molecular complexity index is 214. The summed E-state index contributed by atoms with van der Waals surface area (Å²) in [6.45, 7) is 12.0. The second-order valence-electron chi connectivity index (χ2n) is 5.67. The van der Waals surface area contributed by atoms with Gasteiger partial charge in [0.2, 0.25) is 0 Å². The fourth-order valence-corrected chi connectivity index (χ4v) is 8.42. The monoisotopic (exact) mass is 319 g/mol. The van der Waals surface area contributed by atoms with E-state index >= 15 is 0 Å². The summed E-state index contributed by atoms with van der Waals surface area (Å²) in [5, 5.41) is 0. The van der Waals surface area contributed by atoms with E-state index in [1.165, 1.54) is 50.5 Å². The van der Waals surface area contributed by atoms with Gasteiger partial charge in [-0.2, -0.15) is 0 Å². The Morgan fingerprint density at radius 2 is 1.35 bits per heavy atom. The largest absolute Gasteiger partial charge is 0.400 e. The van der Waals surface area contributed by atoms with Crippen molar-refractivity contribution in [2.45, 2.75) is 71.1 Å². The highest BCUT2D eigenvalue weighted by molar-refractivity contribution is 6.77. The molecule has 122 valence electrons. The van der Waals surface area contributed by atoms with Crippen LogP contribution in [0.15, 0.2) is 0 Å². The van der Waals surface area contributed by atoms with Gasteiger partial charge in [-0.15, -0.1) is 0 Å². The summed E-state index contributed by atoms with van der Waals surface area (Å²) in [5.74, 6) is 0. The molecule has 0 aromatic carbocycles. The maximum atomic E-state index is 5.44. The molecule has 3 nitrogen and oxygen atoms in total. The highest BCUT2D eigenvalue weighted by Crippen LogP contribution is 2.26. The van der Waals surface area contributed by atoms with Crippen molar-refractivity contribution < 1.29 is 8.85 Å². The average Bonchev–Trinajstić information content (AvgIpc) is 2.50. The Morgan fingerprint density at radius 1 is 0.850 bits per heavy atom. The van der Waals surface area contributed by atoms with Gasteiger partial charge in [0.15, 0.2) is 0 Å². The molecule has 0 saturated carbocycles. The molecule has 0 rings (SSSR count). The van der Waals surface area contributed by atoms with Crippen molar-refractivity contribution in [1.29, 1.82) is 0 Å². The Labute approximate surface area is 130 Å². The lowest BCUT2D eigenvalue weighted by molar-refractivity contribution is 0.274. The minimum Gasteiger partial charge on any atom is -0.400 e. The molecule has 0 atom stereocenters. The van der Waals surface area contributed by atoms with Gasteiger partial charge in [0.05, 0.1) is 0 Å². The normalized spacial score (nSPS) is 12.6. The second kappa shape index (κ2) is 11.9. The van der Waals surface area contributed by atoms with Gasteiger partial charge in [-0.05, 0) is 50.1 Å². The first-order valence-corrected chi connectivity index (χ1v) is 12.8. The highest BCUT2D eigenvalue weighted by atomic mass is 28.3. The van der Waals surface area contributed by atoms with Gasteiger partial charge in [0, 0.05) is 14.2 Å². The predicted molar refractivity (Wildman–Crippen MR) is 94.3 cm³/mol. The van der Waals surface area contributed by atoms with E-state index in [0.29, 0.717) is 0 Å². The van der Waals surface area contributed by atoms with Gasteiger partial charge in [-0.1, -0.05) is 34.1 Å². The van der Waals surface area contributed by atoms with E-state index in [-0.39, 0.29) is 0 Å². The molecule has 0 heterocycles. The molecule has 0 bridgehead atoms. The number of nitrogens with zero attached hydrogens (tertiary/aromatic N) is 1. The second-order valence-corrected chi connectivity index (χ2v) is 13.3. The zero-order valence-corrected chi connectivity index (χ0v) is 16.9. The van der Waals surface area contributed by atoms with Gasteiger partial charge >= 0.3 is 9.28 Å². The van der Waals surface area contributed by atoms with E-state index in [4.69, 9.17) is 8.85 Å². The van der Waals surface area contributed by atoms with E-state index in [1.807, 2.05) is 0 Å². The summed E-state index contributed by atoms with van der Waals surface area (Å²) < 4.78 is 13.8. The van der Waals surface area contributed by atoms with Gasteiger partial charge in [0.1, 0.15) is 8.24 Å². The molecule has 5 heteroatoms. The summed E-state index contributed by atoms with van der Waals surface area (Å²) >= 11 is 0. The SMILES string of the molecule is CCCCN(CCC[SiH](OC)OC)[Si](CC)(CC)CC.